The van der Waals surface area contributed by atoms with Crippen LogP contribution in [-0.4, -0.2) is 22.5 Å². The Morgan fingerprint density at radius 1 is 1.19 bits per heavy atom. The second-order valence-electron chi connectivity index (χ2n) is 5.61. The molecule has 1 aliphatic heterocycles. The zero-order valence-electron chi connectivity index (χ0n) is 12.5. The summed E-state index contributed by atoms with van der Waals surface area (Å²) in [6.07, 6.45) is 3.43. The Bertz CT molecular complexity index is 709. The van der Waals surface area contributed by atoms with Crippen molar-refractivity contribution in [3.05, 3.63) is 53.6 Å². The van der Waals surface area contributed by atoms with Crippen LogP contribution in [0, 0.1) is 13.8 Å². The summed E-state index contributed by atoms with van der Waals surface area (Å²) >= 11 is 0. The van der Waals surface area contributed by atoms with Crippen LogP contribution < -0.4 is 10.6 Å². The summed E-state index contributed by atoms with van der Waals surface area (Å²) in [5, 5.41) is 0. The van der Waals surface area contributed by atoms with E-state index in [1.54, 1.807) is 12.4 Å². The highest BCUT2D eigenvalue weighted by molar-refractivity contribution is 5.98. The van der Waals surface area contributed by atoms with Crippen LogP contribution in [0.15, 0.2) is 41.7 Å². The maximum Gasteiger partial charge on any atom is 0.196 e. The third-order valence-electron chi connectivity index (χ3n) is 3.92. The average molecular weight is 281 g/mol. The molecule has 0 saturated heterocycles. The lowest BCUT2D eigenvalue weighted by molar-refractivity contribution is 0.508. The van der Waals surface area contributed by atoms with Gasteiger partial charge in [-0.25, -0.2) is 0 Å². The fraction of sp³-hybridized carbons (Fsp3) is 0.312. The Kier molecular flexibility index (Phi) is 3.12. The maximum absolute atomic E-state index is 6.15. The number of nitrogens with zero attached hydrogens (tertiary/aromatic N) is 4. The molecule has 0 aliphatic carbocycles. The van der Waals surface area contributed by atoms with Crippen molar-refractivity contribution in [2.45, 2.75) is 26.3 Å². The van der Waals surface area contributed by atoms with Crippen molar-refractivity contribution < 1.29 is 0 Å². The van der Waals surface area contributed by atoms with E-state index < -0.39 is 5.54 Å². The molecule has 3 rings (SSSR count). The van der Waals surface area contributed by atoms with Crippen molar-refractivity contribution in [1.29, 1.82) is 0 Å². The van der Waals surface area contributed by atoms with Gasteiger partial charge < -0.3 is 5.73 Å². The normalized spacial score (nSPS) is 21.5. The molecule has 2 aromatic rings. The summed E-state index contributed by atoms with van der Waals surface area (Å²) in [5.41, 5.74) is 9.78. The van der Waals surface area contributed by atoms with Gasteiger partial charge in [-0.15, -0.1) is 0 Å². The molecule has 0 amide bonds. The monoisotopic (exact) mass is 281 g/mol. The van der Waals surface area contributed by atoms with Crippen LogP contribution in [0.4, 0.5) is 5.69 Å². The first-order chi connectivity index (χ1) is 10.0. The first-order valence-corrected chi connectivity index (χ1v) is 6.97. The van der Waals surface area contributed by atoms with E-state index in [9.17, 15) is 0 Å². The van der Waals surface area contributed by atoms with Crippen molar-refractivity contribution in [3.8, 4) is 0 Å². The molecule has 0 radical (unpaired) electrons. The SMILES string of the molecule is Cc1cccc(N2C(N)=NCC2(C)c2nccnc2C)c1. The van der Waals surface area contributed by atoms with Gasteiger partial charge in [0.1, 0.15) is 5.54 Å². The number of rotatable bonds is 2. The minimum absolute atomic E-state index is 0.407. The molecule has 1 unspecified atom stereocenters. The summed E-state index contributed by atoms with van der Waals surface area (Å²) in [5.74, 6) is 0.521. The van der Waals surface area contributed by atoms with E-state index in [-0.39, 0.29) is 0 Å². The summed E-state index contributed by atoms with van der Waals surface area (Å²) in [6.45, 7) is 6.72. The Morgan fingerprint density at radius 2 is 1.95 bits per heavy atom. The van der Waals surface area contributed by atoms with Crippen LogP contribution in [0.1, 0.15) is 23.9 Å². The highest BCUT2D eigenvalue weighted by atomic mass is 15.4. The second-order valence-corrected chi connectivity index (χ2v) is 5.61. The lowest BCUT2D eigenvalue weighted by Gasteiger charge is -2.36. The van der Waals surface area contributed by atoms with Crippen LogP contribution in [0.5, 0.6) is 0 Å². The minimum Gasteiger partial charge on any atom is -0.369 e. The van der Waals surface area contributed by atoms with E-state index in [4.69, 9.17) is 5.73 Å². The third-order valence-corrected chi connectivity index (χ3v) is 3.92. The molecular formula is C16H19N5. The highest BCUT2D eigenvalue weighted by Crippen LogP contribution is 2.36. The number of aryl methyl sites for hydroxylation is 2. The topological polar surface area (TPSA) is 67.4 Å². The van der Waals surface area contributed by atoms with Crippen molar-refractivity contribution in [2.75, 3.05) is 11.4 Å². The highest BCUT2D eigenvalue weighted by Gasteiger charge is 2.43. The largest absolute Gasteiger partial charge is 0.369 e. The fourth-order valence-electron chi connectivity index (χ4n) is 2.93. The van der Waals surface area contributed by atoms with Gasteiger partial charge in [-0.3, -0.25) is 19.9 Å². The smallest absolute Gasteiger partial charge is 0.196 e. The van der Waals surface area contributed by atoms with E-state index in [0.29, 0.717) is 12.5 Å². The molecule has 1 aliphatic rings. The van der Waals surface area contributed by atoms with Gasteiger partial charge in [-0.2, -0.15) is 0 Å². The van der Waals surface area contributed by atoms with E-state index in [2.05, 4.69) is 45.8 Å². The molecule has 108 valence electrons. The van der Waals surface area contributed by atoms with Crippen molar-refractivity contribution in [3.63, 3.8) is 0 Å². The van der Waals surface area contributed by atoms with Crippen LogP contribution in [0.3, 0.4) is 0 Å². The number of nitrogens with two attached hydrogens (primary N) is 1. The van der Waals surface area contributed by atoms with Gasteiger partial charge in [-0.1, -0.05) is 12.1 Å². The molecular weight excluding hydrogens is 262 g/mol. The summed E-state index contributed by atoms with van der Waals surface area (Å²) < 4.78 is 0. The van der Waals surface area contributed by atoms with Gasteiger partial charge in [-0.05, 0) is 38.5 Å². The summed E-state index contributed by atoms with van der Waals surface area (Å²) in [4.78, 5) is 15.4. The van der Waals surface area contributed by atoms with E-state index in [1.807, 2.05) is 19.1 Å². The van der Waals surface area contributed by atoms with Crippen LogP contribution in [-0.2, 0) is 5.54 Å². The average Bonchev–Trinajstić information content (AvgIpc) is 2.76. The first kappa shape index (κ1) is 13.5. The summed E-state index contributed by atoms with van der Waals surface area (Å²) in [6, 6.07) is 8.25. The minimum atomic E-state index is -0.407. The molecule has 2 heterocycles. The lowest BCUT2D eigenvalue weighted by Crippen LogP contribution is -2.48. The molecule has 1 atom stereocenters. The molecule has 0 saturated carbocycles. The van der Waals surface area contributed by atoms with Crippen molar-refractivity contribution in [2.24, 2.45) is 10.7 Å². The number of anilines is 1. The standard InChI is InChI=1S/C16H19N5/c1-11-5-4-6-13(9-11)21-15(17)20-10-16(21,3)14-12(2)18-7-8-19-14/h4-9H,10H2,1-3H3,(H2,17,20). The molecule has 0 spiro atoms. The van der Waals surface area contributed by atoms with Crippen molar-refractivity contribution in [1.82, 2.24) is 9.97 Å². The van der Waals surface area contributed by atoms with Crippen LogP contribution in [0.25, 0.3) is 0 Å². The molecule has 2 N–H and O–H groups in total. The van der Waals surface area contributed by atoms with Crippen molar-refractivity contribution >= 4 is 11.6 Å². The zero-order valence-corrected chi connectivity index (χ0v) is 12.5. The molecule has 5 nitrogen and oxygen atoms in total. The van der Waals surface area contributed by atoms with Crippen LogP contribution in [0.2, 0.25) is 0 Å². The quantitative estimate of drug-likeness (QED) is 0.915. The first-order valence-electron chi connectivity index (χ1n) is 6.97. The molecule has 1 aromatic carbocycles. The Labute approximate surface area is 124 Å². The number of aromatic nitrogens is 2. The predicted octanol–water partition coefficient (Wildman–Crippen LogP) is 2.14. The second kappa shape index (κ2) is 4.84. The van der Waals surface area contributed by atoms with E-state index in [0.717, 1.165) is 17.1 Å². The van der Waals surface area contributed by atoms with E-state index >= 15 is 0 Å². The number of benzene rings is 1. The third kappa shape index (κ3) is 2.14. The number of hydrogen-bond acceptors (Lipinski definition) is 5. The fourth-order valence-corrected chi connectivity index (χ4v) is 2.93. The Balaban J connectivity index is 2.13. The molecule has 0 bridgehead atoms. The van der Waals surface area contributed by atoms with Gasteiger partial charge in [0, 0.05) is 18.1 Å². The zero-order chi connectivity index (χ0) is 15.0. The van der Waals surface area contributed by atoms with Gasteiger partial charge >= 0.3 is 0 Å². The Hall–Kier alpha value is -2.43. The number of hydrogen-bond donors (Lipinski definition) is 1. The predicted molar refractivity (Wildman–Crippen MR) is 84.3 cm³/mol. The summed E-state index contributed by atoms with van der Waals surface area (Å²) in [7, 11) is 0. The Morgan fingerprint density at radius 3 is 2.67 bits per heavy atom. The van der Waals surface area contributed by atoms with Gasteiger partial charge in [0.05, 0.1) is 17.9 Å². The van der Waals surface area contributed by atoms with Crippen LogP contribution >= 0.6 is 0 Å². The molecule has 5 heteroatoms. The molecule has 0 fully saturated rings. The molecule has 1 aromatic heterocycles. The lowest BCUT2D eigenvalue weighted by atomic mass is 9.94. The number of guanidine groups is 1. The van der Waals surface area contributed by atoms with E-state index in [1.165, 1.54) is 5.56 Å². The molecule has 21 heavy (non-hydrogen) atoms. The van der Waals surface area contributed by atoms with Gasteiger partial charge in [0.15, 0.2) is 5.96 Å². The maximum atomic E-state index is 6.15. The van der Waals surface area contributed by atoms with Gasteiger partial charge in [0.25, 0.3) is 0 Å². The number of aliphatic imine (C=N–C) groups is 1. The van der Waals surface area contributed by atoms with Gasteiger partial charge in [0.2, 0.25) is 0 Å².